The molecule has 0 heterocycles. The third-order valence-corrected chi connectivity index (χ3v) is 9.15. The fourth-order valence-corrected chi connectivity index (χ4v) is 5.36. The highest BCUT2D eigenvalue weighted by molar-refractivity contribution is 5.51. The van der Waals surface area contributed by atoms with Crippen LogP contribution in [-0.2, 0) is 12.4 Å². The first kappa shape index (κ1) is 55.3. The summed E-state index contributed by atoms with van der Waals surface area (Å²) in [5, 5.41) is 8.70. The van der Waals surface area contributed by atoms with E-state index >= 15 is 0 Å². The van der Waals surface area contributed by atoms with E-state index in [1.807, 2.05) is 46.8 Å². The van der Waals surface area contributed by atoms with Gasteiger partial charge >= 0.3 is 12.4 Å². The zero-order chi connectivity index (χ0) is 48.6. The normalized spacial score (nSPS) is 11.1. The van der Waals surface area contributed by atoms with E-state index in [4.69, 9.17) is 11.8 Å². The molecule has 0 aliphatic carbocycles. The van der Waals surface area contributed by atoms with Crippen molar-refractivity contribution in [1.29, 1.82) is 5.26 Å². The highest BCUT2D eigenvalue weighted by Gasteiger charge is 2.32. The zero-order valence-electron chi connectivity index (χ0n) is 37.1. The maximum absolute atomic E-state index is 12.9. The second-order valence-corrected chi connectivity index (χ2v) is 16.0. The zero-order valence-corrected chi connectivity index (χ0v) is 37.1. The fourth-order valence-electron chi connectivity index (χ4n) is 5.36. The number of nitriles is 1. The number of halogens is 11. The number of alkyl halides is 6. The number of hydrogen-bond acceptors (Lipinski definition) is 1. The molecule has 5 rings (SSSR count). The quantitative estimate of drug-likeness (QED) is 0.128. The minimum Gasteiger partial charge on any atom is -0.238 e. The van der Waals surface area contributed by atoms with Crippen molar-refractivity contribution in [3.05, 3.63) is 182 Å². The van der Waals surface area contributed by atoms with Gasteiger partial charge in [0.1, 0.15) is 29.1 Å². The van der Waals surface area contributed by atoms with Crippen molar-refractivity contribution in [1.82, 2.24) is 0 Å². The largest absolute Gasteiger partial charge is 0.416 e. The average Bonchev–Trinajstić information content (AvgIpc) is 3.17. The molecule has 0 N–H and O–H groups in total. The Balaban J connectivity index is 0.000000396. The van der Waals surface area contributed by atoms with Crippen LogP contribution in [0, 0.1) is 53.9 Å². The average molecular weight is 891 g/mol. The first-order chi connectivity index (χ1) is 29.0. The molecule has 0 aromatic heterocycles. The Hall–Kier alpha value is -5.69. The van der Waals surface area contributed by atoms with E-state index in [0.717, 1.165) is 47.5 Å². The summed E-state index contributed by atoms with van der Waals surface area (Å²) in [5.41, 5.74) is 3.66. The number of aryl methyl sites for hydroxylation is 1. The summed E-state index contributed by atoms with van der Waals surface area (Å²) in [7, 11) is 0. The van der Waals surface area contributed by atoms with E-state index in [9.17, 15) is 48.3 Å². The molecular weight excluding hydrogens is 838 g/mol. The van der Waals surface area contributed by atoms with Crippen molar-refractivity contribution in [2.24, 2.45) is 0 Å². The standard InChI is InChI=1S/C11H10F3N.C11H13N.C10H10F4.2C9H10F2/c1-7(2)8-4-9(11(12,13)14)6-10(5-8)15-3;1-8(2)10-4-5-11(7-12)9(3)6-10;1-6(2)7-3-8(10(12,13)14)5-9(11)4-7;1-6(2)7-3-8(10)5-9(11)4-7;1-6(2)8-4-3-7(10)5-9(8)11/h4-7H,1-2H3;4-6,8H,1-3H3;3-6H,1-2H3;2*3-6H,1-2H3. The van der Waals surface area contributed by atoms with Gasteiger partial charge in [-0.2, -0.15) is 31.6 Å². The van der Waals surface area contributed by atoms with Crippen LogP contribution < -0.4 is 0 Å². The van der Waals surface area contributed by atoms with Crippen LogP contribution >= 0.6 is 0 Å². The van der Waals surface area contributed by atoms with Gasteiger partial charge in [-0.25, -0.2) is 26.8 Å². The summed E-state index contributed by atoms with van der Waals surface area (Å²) in [5.74, 6) is -2.16. The van der Waals surface area contributed by atoms with Crippen LogP contribution in [0.2, 0.25) is 0 Å². The monoisotopic (exact) mass is 890 g/mol. The molecule has 5 aromatic carbocycles. The Kier molecular flexibility index (Phi) is 21.8. The lowest BCUT2D eigenvalue weighted by atomic mass is 9.98. The molecule has 0 aliphatic rings. The molecule has 0 saturated carbocycles. The Morgan fingerprint density at radius 1 is 0.476 bits per heavy atom. The van der Waals surface area contributed by atoms with Crippen LogP contribution in [0.3, 0.4) is 0 Å². The molecule has 2 nitrogen and oxygen atoms in total. The summed E-state index contributed by atoms with van der Waals surface area (Å²) >= 11 is 0. The van der Waals surface area contributed by atoms with Crippen LogP contribution in [-0.4, -0.2) is 0 Å². The molecule has 0 saturated heterocycles. The molecule has 0 aliphatic heterocycles. The van der Waals surface area contributed by atoms with Crippen LogP contribution in [0.25, 0.3) is 4.85 Å². The van der Waals surface area contributed by atoms with Crippen LogP contribution in [0.15, 0.2) is 91.0 Å². The van der Waals surface area contributed by atoms with E-state index in [1.165, 1.54) is 35.9 Å². The summed E-state index contributed by atoms with van der Waals surface area (Å²) in [6, 6.07) is 21.5. The van der Waals surface area contributed by atoms with Gasteiger partial charge in [-0.3, -0.25) is 0 Å². The van der Waals surface area contributed by atoms with Crippen LogP contribution in [0.1, 0.15) is 149 Å². The van der Waals surface area contributed by atoms with Gasteiger partial charge in [0, 0.05) is 17.7 Å². The van der Waals surface area contributed by atoms with E-state index in [-0.39, 0.29) is 29.4 Å². The van der Waals surface area contributed by atoms with Crippen molar-refractivity contribution in [2.45, 2.75) is 118 Å². The minimum absolute atomic E-state index is 0.0206. The lowest BCUT2D eigenvalue weighted by Gasteiger charge is -2.11. The number of benzene rings is 5. The summed E-state index contributed by atoms with van der Waals surface area (Å²) < 4.78 is 137. The van der Waals surface area contributed by atoms with E-state index in [0.29, 0.717) is 34.2 Å². The molecule has 0 atom stereocenters. The van der Waals surface area contributed by atoms with E-state index < -0.39 is 52.6 Å². The van der Waals surface area contributed by atoms with Crippen LogP contribution in [0.5, 0.6) is 0 Å². The molecule has 0 unspecified atom stereocenters. The first-order valence-electron chi connectivity index (χ1n) is 19.9. The molecular formula is C50H53F11N2. The van der Waals surface area contributed by atoms with Crippen molar-refractivity contribution in [3.8, 4) is 6.07 Å². The second-order valence-electron chi connectivity index (χ2n) is 16.0. The van der Waals surface area contributed by atoms with Crippen molar-refractivity contribution < 1.29 is 48.3 Å². The highest BCUT2D eigenvalue weighted by Crippen LogP contribution is 2.35. The Morgan fingerprint density at radius 2 is 0.905 bits per heavy atom. The summed E-state index contributed by atoms with van der Waals surface area (Å²) in [4.78, 5) is 3.04. The van der Waals surface area contributed by atoms with Crippen molar-refractivity contribution in [2.75, 3.05) is 0 Å². The van der Waals surface area contributed by atoms with Crippen LogP contribution in [0.4, 0.5) is 54.0 Å². The lowest BCUT2D eigenvalue weighted by Crippen LogP contribution is -2.06. The van der Waals surface area contributed by atoms with Crippen molar-refractivity contribution >= 4 is 5.69 Å². The second kappa shape index (κ2) is 24.8. The van der Waals surface area contributed by atoms with Gasteiger partial charge in [-0.15, -0.1) is 0 Å². The van der Waals surface area contributed by atoms with Crippen molar-refractivity contribution in [3.63, 3.8) is 0 Å². The number of nitrogens with zero attached hydrogens (tertiary/aromatic N) is 2. The maximum atomic E-state index is 12.9. The van der Waals surface area contributed by atoms with Gasteiger partial charge in [0.25, 0.3) is 0 Å². The molecule has 63 heavy (non-hydrogen) atoms. The molecule has 0 amide bonds. The molecule has 0 spiro atoms. The molecule has 5 aromatic rings. The number of rotatable bonds is 5. The lowest BCUT2D eigenvalue weighted by molar-refractivity contribution is -0.138. The third-order valence-electron chi connectivity index (χ3n) is 9.15. The fraction of sp³-hybridized carbons (Fsp3) is 0.360. The Bertz CT molecular complexity index is 2290. The van der Waals surface area contributed by atoms with E-state index in [1.54, 1.807) is 27.7 Å². The smallest absolute Gasteiger partial charge is 0.238 e. The van der Waals surface area contributed by atoms with Gasteiger partial charge < -0.3 is 0 Å². The molecule has 13 heteroatoms. The maximum Gasteiger partial charge on any atom is 0.416 e. The SMILES string of the molecule is CC(C)c1cc(F)cc(C(F)(F)F)c1.CC(C)c1cc(F)cc(F)c1.CC(C)c1ccc(F)cc1F.Cc1cc(C(C)C)ccc1C#N.[C-]#[N+]c1cc(C(C)C)cc(C(F)(F)F)c1. The summed E-state index contributed by atoms with van der Waals surface area (Å²) in [6.07, 6.45) is -8.86. The van der Waals surface area contributed by atoms with E-state index in [2.05, 4.69) is 30.8 Å². The first-order valence-corrected chi connectivity index (χ1v) is 19.9. The molecule has 0 bridgehead atoms. The molecule has 0 radical (unpaired) electrons. The highest BCUT2D eigenvalue weighted by atomic mass is 19.4. The predicted molar refractivity (Wildman–Crippen MR) is 228 cm³/mol. The minimum atomic E-state index is -4.48. The van der Waals surface area contributed by atoms with Gasteiger partial charge in [-0.1, -0.05) is 99.1 Å². The topological polar surface area (TPSA) is 28.1 Å². The van der Waals surface area contributed by atoms with Gasteiger partial charge in [0.15, 0.2) is 5.69 Å². The van der Waals surface area contributed by atoms with Gasteiger partial charge in [-0.05, 0) is 119 Å². The number of hydrogen-bond donors (Lipinski definition) is 0. The molecule has 0 fully saturated rings. The van der Waals surface area contributed by atoms with Gasteiger partial charge in [0.05, 0.1) is 23.8 Å². The Labute approximate surface area is 364 Å². The third kappa shape index (κ3) is 19.5. The molecule has 340 valence electrons. The summed E-state index contributed by atoms with van der Waals surface area (Å²) in [6.45, 7) is 27.6. The predicted octanol–water partition coefficient (Wildman–Crippen LogP) is 17.5. The van der Waals surface area contributed by atoms with Gasteiger partial charge in [0.2, 0.25) is 0 Å². The Morgan fingerprint density at radius 3 is 1.29 bits per heavy atom.